The highest BCUT2D eigenvalue weighted by Crippen LogP contribution is 2.21. The molecule has 0 aliphatic rings. The number of benzene rings is 1. The van der Waals surface area contributed by atoms with E-state index >= 15 is 0 Å². The molecule has 29 heavy (non-hydrogen) atoms. The molecule has 0 aliphatic heterocycles. The first-order valence-electron chi connectivity index (χ1n) is 9.14. The normalized spacial score (nSPS) is 11.3. The van der Waals surface area contributed by atoms with Crippen LogP contribution in [0.1, 0.15) is 37.0 Å². The van der Waals surface area contributed by atoms with Crippen molar-refractivity contribution >= 4 is 17.2 Å². The van der Waals surface area contributed by atoms with Crippen LogP contribution in [0.15, 0.2) is 41.1 Å². The van der Waals surface area contributed by atoms with Gasteiger partial charge in [-0.05, 0) is 42.8 Å². The average molecular weight is 394 g/mol. The Labute approximate surface area is 165 Å². The topological polar surface area (TPSA) is 98.2 Å². The summed E-state index contributed by atoms with van der Waals surface area (Å²) in [5.74, 6) is 1.08. The van der Waals surface area contributed by atoms with Crippen LogP contribution >= 0.6 is 0 Å². The van der Waals surface area contributed by atoms with Gasteiger partial charge < -0.3 is 9.84 Å². The van der Waals surface area contributed by atoms with Crippen molar-refractivity contribution in [3.63, 3.8) is 0 Å². The average Bonchev–Trinajstić information content (AvgIpc) is 3.31. The van der Waals surface area contributed by atoms with Crippen LogP contribution < -0.4 is 5.32 Å². The second-order valence-corrected chi connectivity index (χ2v) is 7.06. The summed E-state index contributed by atoms with van der Waals surface area (Å²) >= 11 is 0. The minimum atomic E-state index is -0.346. The van der Waals surface area contributed by atoms with Gasteiger partial charge in [-0.3, -0.25) is 9.20 Å². The smallest absolute Gasteiger partial charge is 0.258 e. The van der Waals surface area contributed by atoms with Crippen molar-refractivity contribution in [2.45, 2.75) is 33.1 Å². The van der Waals surface area contributed by atoms with Gasteiger partial charge >= 0.3 is 0 Å². The third-order valence-corrected chi connectivity index (χ3v) is 4.47. The van der Waals surface area contributed by atoms with E-state index in [0.717, 1.165) is 5.56 Å². The minimum Gasteiger partial charge on any atom is -0.334 e. The van der Waals surface area contributed by atoms with Gasteiger partial charge in [0.25, 0.3) is 5.89 Å². The SMILES string of the molecule is Cc1cc(F)ccc1NC(=O)Cc1nnc2cc(-c3nc(C(C)C)no3)ccn12. The summed E-state index contributed by atoms with van der Waals surface area (Å²) in [5.41, 5.74) is 2.49. The molecule has 0 unspecified atom stereocenters. The van der Waals surface area contributed by atoms with Crippen LogP contribution in [0.25, 0.3) is 17.1 Å². The number of rotatable bonds is 5. The zero-order chi connectivity index (χ0) is 20.5. The van der Waals surface area contributed by atoms with Crippen molar-refractivity contribution in [1.29, 1.82) is 0 Å². The third kappa shape index (κ3) is 3.84. The fraction of sp³-hybridized carbons (Fsp3) is 0.250. The maximum Gasteiger partial charge on any atom is 0.258 e. The summed E-state index contributed by atoms with van der Waals surface area (Å²) in [6, 6.07) is 7.78. The molecule has 9 heteroatoms. The van der Waals surface area contributed by atoms with E-state index < -0.39 is 0 Å². The van der Waals surface area contributed by atoms with Crippen LogP contribution in [0.2, 0.25) is 0 Å². The Morgan fingerprint density at radius 3 is 2.79 bits per heavy atom. The Morgan fingerprint density at radius 2 is 2.07 bits per heavy atom. The number of aryl methyl sites for hydroxylation is 1. The Hall–Kier alpha value is -3.62. The molecule has 148 valence electrons. The van der Waals surface area contributed by atoms with Gasteiger partial charge in [0.05, 0.1) is 6.42 Å². The Kier molecular flexibility index (Phi) is 4.79. The second kappa shape index (κ2) is 7.42. The number of hydrogen-bond acceptors (Lipinski definition) is 6. The highest BCUT2D eigenvalue weighted by Gasteiger charge is 2.15. The van der Waals surface area contributed by atoms with Gasteiger partial charge in [0.1, 0.15) is 11.6 Å². The maximum absolute atomic E-state index is 13.2. The first kappa shape index (κ1) is 18.7. The fourth-order valence-electron chi connectivity index (χ4n) is 2.89. The minimum absolute atomic E-state index is 0.0232. The van der Waals surface area contributed by atoms with Crippen LogP contribution in [0.3, 0.4) is 0 Å². The molecule has 0 atom stereocenters. The van der Waals surface area contributed by atoms with Gasteiger partial charge in [-0.1, -0.05) is 19.0 Å². The van der Waals surface area contributed by atoms with Crippen LogP contribution in [0.4, 0.5) is 10.1 Å². The van der Waals surface area contributed by atoms with Crippen molar-refractivity contribution in [1.82, 2.24) is 24.7 Å². The van der Waals surface area contributed by atoms with Gasteiger partial charge in [-0.25, -0.2) is 4.39 Å². The lowest BCUT2D eigenvalue weighted by Gasteiger charge is -2.08. The standard InChI is InChI=1S/C20H19FN6O2/c1-11(2)19-23-20(29-26-19)13-6-7-27-16(9-13)24-25-17(27)10-18(28)22-15-5-4-14(21)8-12(15)3/h4-9,11H,10H2,1-3H3,(H,22,28). The molecule has 0 saturated carbocycles. The van der Waals surface area contributed by atoms with Gasteiger partial charge in [0, 0.05) is 23.4 Å². The van der Waals surface area contributed by atoms with E-state index in [9.17, 15) is 9.18 Å². The van der Waals surface area contributed by atoms with Gasteiger partial charge in [-0.15, -0.1) is 10.2 Å². The molecular formula is C20H19FN6O2. The molecule has 0 spiro atoms. The van der Waals surface area contributed by atoms with Crippen molar-refractivity contribution in [2.75, 3.05) is 5.32 Å². The van der Waals surface area contributed by atoms with E-state index in [-0.39, 0.29) is 24.1 Å². The fourth-order valence-corrected chi connectivity index (χ4v) is 2.89. The molecule has 0 aliphatic carbocycles. The van der Waals surface area contributed by atoms with Gasteiger partial charge in [0.2, 0.25) is 5.91 Å². The highest BCUT2D eigenvalue weighted by atomic mass is 19.1. The highest BCUT2D eigenvalue weighted by molar-refractivity contribution is 5.92. The summed E-state index contributed by atoms with van der Waals surface area (Å²) < 4.78 is 20.2. The zero-order valence-electron chi connectivity index (χ0n) is 16.2. The summed E-state index contributed by atoms with van der Waals surface area (Å²) in [6.45, 7) is 5.71. The van der Waals surface area contributed by atoms with Crippen LogP contribution in [-0.2, 0) is 11.2 Å². The van der Waals surface area contributed by atoms with Crippen molar-refractivity contribution in [3.8, 4) is 11.5 Å². The van der Waals surface area contributed by atoms with Gasteiger partial charge in [0.15, 0.2) is 11.5 Å². The number of amides is 1. The molecular weight excluding hydrogens is 375 g/mol. The van der Waals surface area contributed by atoms with Crippen molar-refractivity contribution < 1.29 is 13.7 Å². The molecule has 0 bridgehead atoms. The number of carbonyl (C=O) groups is 1. The Bertz CT molecular complexity index is 1200. The number of halogens is 1. The van der Waals surface area contributed by atoms with Crippen LogP contribution in [0.5, 0.6) is 0 Å². The number of nitrogens with one attached hydrogen (secondary N) is 1. The van der Waals surface area contributed by atoms with E-state index in [1.54, 1.807) is 29.7 Å². The summed E-state index contributed by atoms with van der Waals surface area (Å²) in [6.07, 6.45) is 1.78. The number of pyridine rings is 1. The lowest BCUT2D eigenvalue weighted by Crippen LogP contribution is -2.16. The molecule has 0 fully saturated rings. The number of nitrogens with zero attached hydrogens (tertiary/aromatic N) is 5. The van der Waals surface area contributed by atoms with Crippen LogP contribution in [0, 0.1) is 12.7 Å². The molecule has 4 rings (SSSR count). The molecule has 4 aromatic rings. The number of aromatic nitrogens is 5. The van der Waals surface area contributed by atoms with E-state index in [1.807, 2.05) is 13.8 Å². The maximum atomic E-state index is 13.2. The first-order chi connectivity index (χ1) is 13.9. The van der Waals surface area contributed by atoms with Crippen molar-refractivity contribution in [3.05, 3.63) is 59.6 Å². The van der Waals surface area contributed by atoms with Crippen molar-refractivity contribution in [2.24, 2.45) is 0 Å². The quantitative estimate of drug-likeness (QED) is 0.556. The van der Waals surface area contributed by atoms with E-state index in [0.29, 0.717) is 34.4 Å². The molecule has 1 N–H and O–H groups in total. The Morgan fingerprint density at radius 1 is 1.24 bits per heavy atom. The number of hydrogen-bond donors (Lipinski definition) is 1. The van der Waals surface area contributed by atoms with Gasteiger partial charge in [-0.2, -0.15) is 4.98 Å². The predicted octanol–water partition coefficient (Wildman–Crippen LogP) is 3.53. The van der Waals surface area contributed by atoms with Crippen LogP contribution in [-0.4, -0.2) is 30.6 Å². The number of anilines is 1. The summed E-state index contributed by atoms with van der Waals surface area (Å²) in [7, 11) is 0. The molecule has 3 heterocycles. The second-order valence-electron chi connectivity index (χ2n) is 7.06. The molecule has 1 aromatic carbocycles. The number of carbonyl (C=O) groups excluding carboxylic acids is 1. The van der Waals surface area contributed by atoms with E-state index in [2.05, 4.69) is 25.7 Å². The summed E-state index contributed by atoms with van der Waals surface area (Å²) in [4.78, 5) is 16.8. The molecule has 0 saturated heterocycles. The molecule has 3 aromatic heterocycles. The number of fused-ring (bicyclic) bond motifs is 1. The summed E-state index contributed by atoms with van der Waals surface area (Å²) in [5, 5.41) is 15.0. The predicted molar refractivity (Wildman–Crippen MR) is 104 cm³/mol. The third-order valence-electron chi connectivity index (χ3n) is 4.47. The largest absolute Gasteiger partial charge is 0.334 e. The lowest BCUT2D eigenvalue weighted by molar-refractivity contribution is -0.115. The van der Waals surface area contributed by atoms with E-state index in [1.165, 1.54) is 18.2 Å². The molecule has 8 nitrogen and oxygen atoms in total. The first-order valence-corrected chi connectivity index (χ1v) is 9.14. The zero-order valence-corrected chi connectivity index (χ0v) is 16.2. The monoisotopic (exact) mass is 394 g/mol. The molecule has 1 amide bonds. The lowest BCUT2D eigenvalue weighted by atomic mass is 10.2. The molecule has 0 radical (unpaired) electrons. The Balaban J connectivity index is 1.53. The van der Waals surface area contributed by atoms with E-state index in [4.69, 9.17) is 4.52 Å².